The number of anilines is 3. The number of nitrogen functional groups attached to an aromatic ring is 3. The van der Waals surface area contributed by atoms with E-state index in [1.807, 2.05) is 0 Å². The highest BCUT2D eigenvalue weighted by Gasteiger charge is 1.94. The Morgan fingerprint density at radius 1 is 1.12 bits per heavy atom. The topological polar surface area (TPSA) is 152 Å². The van der Waals surface area contributed by atoms with Crippen LogP contribution < -0.4 is 17.2 Å². The maximum absolute atomic E-state index is 9.97. The Bertz CT molecular complexity index is 294. The summed E-state index contributed by atoms with van der Waals surface area (Å²) >= 11 is 0. The molecule has 1 heterocycles. The molecule has 1 rings (SSSR count). The van der Waals surface area contributed by atoms with Gasteiger partial charge < -0.3 is 26.7 Å². The second-order valence-corrected chi connectivity index (χ2v) is 2.30. The number of nitrogens with two attached hydrogens (primary N) is 3. The van der Waals surface area contributed by atoms with Crippen LogP contribution in [0.3, 0.4) is 0 Å². The van der Waals surface area contributed by atoms with Crippen LogP contribution >= 0.6 is 0 Å². The summed E-state index contributed by atoms with van der Waals surface area (Å²) in [4.78, 5) is 20.4. The number of rotatable bonds is 1. The lowest BCUT2D eigenvalue weighted by molar-refractivity contribution is 0.0771. The molecule has 90 valence electrons. The first-order valence-corrected chi connectivity index (χ1v) is 4.22. The molecule has 0 saturated carbocycles. The van der Waals surface area contributed by atoms with Crippen LogP contribution in [0.4, 0.5) is 22.6 Å². The van der Waals surface area contributed by atoms with E-state index in [1.54, 1.807) is 6.92 Å². The fraction of sp³-hybridized carbons (Fsp3) is 0.429. The minimum absolute atomic E-state index is 0.0417. The summed E-state index contributed by atoms with van der Waals surface area (Å²) in [5.74, 6) is 0.125. The molecule has 0 aliphatic heterocycles. The average molecular weight is 230 g/mol. The van der Waals surface area contributed by atoms with E-state index >= 15 is 0 Å². The quantitative estimate of drug-likeness (QED) is 0.537. The van der Waals surface area contributed by atoms with Gasteiger partial charge in [0, 0.05) is 0 Å². The van der Waals surface area contributed by atoms with Crippen molar-refractivity contribution in [3.63, 3.8) is 0 Å². The molecule has 1 aromatic heterocycles. The molecule has 0 amide bonds. The normalized spacial score (nSPS) is 8.62. The summed E-state index contributed by atoms with van der Waals surface area (Å²) in [7, 11) is 1.28. The van der Waals surface area contributed by atoms with E-state index in [0.717, 1.165) is 0 Å². The Morgan fingerprint density at radius 3 is 1.69 bits per heavy atom. The van der Waals surface area contributed by atoms with E-state index < -0.39 is 6.16 Å². The van der Waals surface area contributed by atoms with Gasteiger partial charge in [0.05, 0.1) is 13.7 Å². The maximum atomic E-state index is 9.97. The smallest absolute Gasteiger partial charge is 0.438 e. The van der Waals surface area contributed by atoms with Gasteiger partial charge in [-0.3, -0.25) is 0 Å². The standard InChI is InChI=1S/C4H8O3.C3H6N6/c1-3-7-4(5)6-2;4-1-7-2(5)9-3(6)8-1/h3H2,1-2H3;(H6,4,5,6,7,8,9). The Kier molecular flexibility index (Phi) is 6.02. The summed E-state index contributed by atoms with van der Waals surface area (Å²) < 4.78 is 8.46. The highest BCUT2D eigenvalue weighted by Crippen LogP contribution is 1.97. The fourth-order valence-corrected chi connectivity index (χ4v) is 0.604. The zero-order valence-electron chi connectivity index (χ0n) is 9.01. The van der Waals surface area contributed by atoms with Crippen LogP contribution in [0.2, 0.25) is 0 Å². The van der Waals surface area contributed by atoms with Crippen molar-refractivity contribution in [1.82, 2.24) is 15.0 Å². The van der Waals surface area contributed by atoms with Crippen LogP contribution in [-0.2, 0) is 9.47 Å². The molecule has 0 aliphatic carbocycles. The number of hydrogen-bond acceptors (Lipinski definition) is 9. The maximum Gasteiger partial charge on any atom is 0.507 e. The number of aromatic nitrogens is 3. The predicted molar refractivity (Wildman–Crippen MR) is 57.1 cm³/mol. The van der Waals surface area contributed by atoms with E-state index in [-0.39, 0.29) is 17.8 Å². The molecule has 9 heteroatoms. The SMILES string of the molecule is CCOC(=O)OC.Nc1nc(N)nc(N)n1. The second kappa shape index (κ2) is 7.04. The fourth-order valence-electron chi connectivity index (χ4n) is 0.604. The molecule has 0 atom stereocenters. The number of nitrogens with zero attached hydrogens (tertiary/aromatic N) is 3. The molecule has 0 radical (unpaired) electrons. The Labute approximate surface area is 92.0 Å². The minimum atomic E-state index is -0.623. The summed E-state index contributed by atoms with van der Waals surface area (Å²) in [5.41, 5.74) is 15.4. The van der Waals surface area contributed by atoms with Crippen molar-refractivity contribution in [3.8, 4) is 0 Å². The van der Waals surface area contributed by atoms with Gasteiger partial charge in [-0.25, -0.2) is 4.79 Å². The molecule has 6 N–H and O–H groups in total. The van der Waals surface area contributed by atoms with Gasteiger partial charge in [-0.2, -0.15) is 15.0 Å². The van der Waals surface area contributed by atoms with Crippen molar-refractivity contribution in [2.75, 3.05) is 30.9 Å². The van der Waals surface area contributed by atoms with Crippen molar-refractivity contribution in [1.29, 1.82) is 0 Å². The molecule has 0 unspecified atom stereocenters. The number of carbonyl (C=O) groups is 1. The molecular weight excluding hydrogens is 216 g/mol. The number of ether oxygens (including phenoxy) is 2. The number of hydrogen-bond donors (Lipinski definition) is 3. The largest absolute Gasteiger partial charge is 0.507 e. The van der Waals surface area contributed by atoms with Gasteiger partial charge in [0.25, 0.3) is 0 Å². The van der Waals surface area contributed by atoms with Crippen LogP contribution in [0.5, 0.6) is 0 Å². The highest BCUT2D eigenvalue weighted by molar-refractivity contribution is 5.59. The Hall–Kier alpha value is -2.32. The molecule has 0 bridgehead atoms. The van der Waals surface area contributed by atoms with E-state index in [4.69, 9.17) is 17.2 Å². The van der Waals surface area contributed by atoms with Gasteiger partial charge in [-0.15, -0.1) is 0 Å². The van der Waals surface area contributed by atoms with E-state index in [1.165, 1.54) is 7.11 Å². The molecule has 9 nitrogen and oxygen atoms in total. The molecule has 0 fully saturated rings. The van der Waals surface area contributed by atoms with Gasteiger partial charge in [-0.1, -0.05) is 0 Å². The van der Waals surface area contributed by atoms with Crippen LogP contribution in [0.1, 0.15) is 6.92 Å². The monoisotopic (exact) mass is 230 g/mol. The zero-order valence-corrected chi connectivity index (χ0v) is 9.01. The summed E-state index contributed by atoms with van der Waals surface area (Å²) in [6.45, 7) is 2.09. The third kappa shape index (κ3) is 6.18. The average Bonchev–Trinajstić information content (AvgIpc) is 2.16. The van der Waals surface area contributed by atoms with Crippen LogP contribution in [-0.4, -0.2) is 34.8 Å². The van der Waals surface area contributed by atoms with Crippen LogP contribution in [0.25, 0.3) is 0 Å². The molecule has 0 saturated heterocycles. The van der Waals surface area contributed by atoms with E-state index in [0.29, 0.717) is 6.61 Å². The third-order valence-corrected chi connectivity index (χ3v) is 1.12. The third-order valence-electron chi connectivity index (χ3n) is 1.12. The van der Waals surface area contributed by atoms with Crippen molar-refractivity contribution in [3.05, 3.63) is 0 Å². The first-order chi connectivity index (χ1) is 7.49. The van der Waals surface area contributed by atoms with Gasteiger partial charge in [0.2, 0.25) is 17.8 Å². The lowest BCUT2D eigenvalue weighted by Gasteiger charge is -1.94. The molecule has 1 aromatic rings. The predicted octanol–water partition coefficient (Wildman–Crippen LogP) is -0.592. The first-order valence-electron chi connectivity index (χ1n) is 4.22. The summed E-state index contributed by atoms with van der Waals surface area (Å²) in [6.07, 6.45) is -0.623. The highest BCUT2D eigenvalue weighted by atomic mass is 16.7. The van der Waals surface area contributed by atoms with Gasteiger partial charge in [-0.05, 0) is 6.92 Å². The molecular formula is C7H14N6O3. The summed E-state index contributed by atoms with van der Waals surface area (Å²) in [5, 5.41) is 0. The first kappa shape index (κ1) is 13.7. The summed E-state index contributed by atoms with van der Waals surface area (Å²) in [6, 6.07) is 0. The van der Waals surface area contributed by atoms with E-state index in [2.05, 4.69) is 24.4 Å². The number of carbonyl (C=O) groups excluding carboxylic acids is 1. The van der Waals surface area contributed by atoms with Crippen molar-refractivity contribution >= 4 is 24.0 Å². The zero-order chi connectivity index (χ0) is 12.6. The van der Waals surface area contributed by atoms with Crippen molar-refractivity contribution in [2.45, 2.75) is 6.92 Å². The lowest BCUT2D eigenvalue weighted by Crippen LogP contribution is -2.05. The van der Waals surface area contributed by atoms with Crippen molar-refractivity contribution < 1.29 is 14.3 Å². The van der Waals surface area contributed by atoms with Crippen LogP contribution in [0, 0.1) is 0 Å². The lowest BCUT2D eigenvalue weighted by atomic mass is 10.9. The Morgan fingerprint density at radius 2 is 1.50 bits per heavy atom. The molecule has 0 spiro atoms. The van der Waals surface area contributed by atoms with Crippen LogP contribution in [0.15, 0.2) is 0 Å². The molecule has 0 aromatic carbocycles. The second-order valence-electron chi connectivity index (χ2n) is 2.30. The minimum Gasteiger partial charge on any atom is -0.438 e. The number of methoxy groups -OCH3 is 1. The Balaban J connectivity index is 0.000000293. The van der Waals surface area contributed by atoms with Gasteiger partial charge >= 0.3 is 6.16 Å². The van der Waals surface area contributed by atoms with Gasteiger partial charge in [0.1, 0.15) is 0 Å². The van der Waals surface area contributed by atoms with E-state index in [9.17, 15) is 4.79 Å². The molecule has 16 heavy (non-hydrogen) atoms. The molecule has 0 aliphatic rings. The van der Waals surface area contributed by atoms with Crippen molar-refractivity contribution in [2.24, 2.45) is 0 Å². The van der Waals surface area contributed by atoms with Gasteiger partial charge in [0.15, 0.2) is 0 Å².